The summed E-state index contributed by atoms with van der Waals surface area (Å²) >= 11 is 0. The molecule has 0 aromatic rings. The highest BCUT2D eigenvalue weighted by Gasteiger charge is 2.44. The van der Waals surface area contributed by atoms with E-state index in [1.54, 1.807) is 25.7 Å². The van der Waals surface area contributed by atoms with E-state index in [1.165, 1.54) is 0 Å². The predicted octanol–water partition coefficient (Wildman–Crippen LogP) is 0.980. The van der Waals surface area contributed by atoms with Gasteiger partial charge in [0.1, 0.15) is 0 Å². The summed E-state index contributed by atoms with van der Waals surface area (Å²) in [5.41, 5.74) is -4.52. The first-order valence-corrected chi connectivity index (χ1v) is 18.6. The predicted molar refractivity (Wildman–Crippen MR) is 194 cm³/mol. The van der Waals surface area contributed by atoms with Crippen LogP contribution in [0.5, 0.6) is 0 Å². The van der Waals surface area contributed by atoms with Crippen LogP contribution in [0.4, 0.5) is 0 Å². The SMILES string of the molecule is CCCCOC(=O)CC(O)(CC(=O)OCCCC)C(=O)OCCCC.CCOC(=O)CC(O)(CC(=O)OCC)C(=O)OCC.OCCN(CCO)CCO. The molecule has 0 saturated heterocycles. The van der Waals surface area contributed by atoms with Gasteiger partial charge in [0.25, 0.3) is 0 Å². The smallest absolute Gasteiger partial charge is 0.339 e. The summed E-state index contributed by atoms with van der Waals surface area (Å²) in [6, 6.07) is 0. The van der Waals surface area contributed by atoms with E-state index < -0.39 is 72.7 Å². The molecular formula is C36H67NO17. The summed E-state index contributed by atoms with van der Waals surface area (Å²) in [7, 11) is 0. The Bertz CT molecular complexity index is 965. The van der Waals surface area contributed by atoms with Crippen molar-refractivity contribution in [1.82, 2.24) is 4.90 Å². The molecule has 18 nitrogen and oxygen atoms in total. The minimum atomic E-state index is -2.26. The van der Waals surface area contributed by atoms with Gasteiger partial charge in [-0.2, -0.15) is 0 Å². The lowest BCUT2D eigenvalue weighted by atomic mass is 9.95. The van der Waals surface area contributed by atoms with Crippen LogP contribution in [0.3, 0.4) is 0 Å². The Kier molecular flexibility index (Phi) is 35.9. The van der Waals surface area contributed by atoms with Crippen molar-refractivity contribution < 1.29 is 82.7 Å². The van der Waals surface area contributed by atoms with E-state index in [2.05, 4.69) is 14.2 Å². The second-order valence-corrected chi connectivity index (χ2v) is 11.8. The van der Waals surface area contributed by atoms with Gasteiger partial charge < -0.3 is 54.0 Å². The zero-order chi connectivity index (χ0) is 41.8. The molecule has 0 aliphatic rings. The Labute approximate surface area is 319 Å². The topological polar surface area (TPSA) is 262 Å². The zero-order valence-corrected chi connectivity index (χ0v) is 33.1. The van der Waals surface area contributed by atoms with Crippen LogP contribution in [0.1, 0.15) is 106 Å². The van der Waals surface area contributed by atoms with E-state index in [0.29, 0.717) is 38.9 Å². The van der Waals surface area contributed by atoms with Crippen molar-refractivity contribution in [3.63, 3.8) is 0 Å². The van der Waals surface area contributed by atoms with E-state index in [9.17, 15) is 39.0 Å². The molecule has 0 spiro atoms. The molecular weight excluding hydrogens is 718 g/mol. The van der Waals surface area contributed by atoms with Crippen LogP contribution in [0.25, 0.3) is 0 Å². The molecule has 0 radical (unpaired) electrons. The number of aliphatic hydroxyl groups is 5. The van der Waals surface area contributed by atoms with Gasteiger partial charge in [0.2, 0.25) is 0 Å². The largest absolute Gasteiger partial charge is 0.466 e. The molecule has 318 valence electrons. The van der Waals surface area contributed by atoms with Gasteiger partial charge in [0.05, 0.1) is 85.1 Å². The maximum absolute atomic E-state index is 12.2. The fourth-order valence-corrected chi connectivity index (χ4v) is 4.02. The van der Waals surface area contributed by atoms with Crippen molar-refractivity contribution >= 4 is 35.8 Å². The minimum absolute atomic E-state index is 0.0206. The summed E-state index contributed by atoms with van der Waals surface area (Å²) in [5.74, 6) is -5.11. The number of hydrogen-bond acceptors (Lipinski definition) is 18. The molecule has 18 heteroatoms. The summed E-state index contributed by atoms with van der Waals surface area (Å²) in [6.45, 7) is 13.1. The van der Waals surface area contributed by atoms with E-state index >= 15 is 0 Å². The summed E-state index contributed by atoms with van der Waals surface area (Å²) in [4.78, 5) is 72.1. The Balaban J connectivity index is -0.000000789. The zero-order valence-electron chi connectivity index (χ0n) is 33.1. The maximum atomic E-state index is 12.2. The number of aliphatic hydroxyl groups excluding tert-OH is 3. The van der Waals surface area contributed by atoms with Gasteiger partial charge in [0, 0.05) is 19.6 Å². The van der Waals surface area contributed by atoms with Gasteiger partial charge in [-0.05, 0) is 40.0 Å². The number of carbonyl (C=O) groups is 6. The van der Waals surface area contributed by atoms with Crippen LogP contribution in [-0.4, -0.2) is 157 Å². The van der Waals surface area contributed by atoms with Gasteiger partial charge >= 0.3 is 35.8 Å². The highest BCUT2D eigenvalue weighted by Crippen LogP contribution is 2.21. The lowest BCUT2D eigenvalue weighted by Gasteiger charge is -2.24. The number of ether oxygens (including phenoxy) is 6. The average molecular weight is 786 g/mol. The van der Waals surface area contributed by atoms with Crippen molar-refractivity contribution in [2.75, 3.05) is 79.1 Å². The maximum Gasteiger partial charge on any atom is 0.339 e. The Morgan fingerprint density at radius 2 is 0.722 bits per heavy atom. The van der Waals surface area contributed by atoms with E-state index in [1.807, 2.05) is 20.8 Å². The molecule has 0 aromatic carbocycles. The summed E-state index contributed by atoms with van der Waals surface area (Å²) < 4.78 is 28.9. The van der Waals surface area contributed by atoms with Gasteiger partial charge in [0.15, 0.2) is 11.2 Å². The lowest BCUT2D eigenvalue weighted by Crippen LogP contribution is -2.45. The molecule has 5 N–H and O–H groups in total. The summed E-state index contributed by atoms with van der Waals surface area (Å²) in [5, 5.41) is 46.1. The van der Waals surface area contributed by atoms with Gasteiger partial charge in [-0.25, -0.2) is 9.59 Å². The van der Waals surface area contributed by atoms with Crippen LogP contribution in [0.2, 0.25) is 0 Å². The van der Waals surface area contributed by atoms with E-state index in [-0.39, 0.29) is 59.5 Å². The molecule has 0 unspecified atom stereocenters. The van der Waals surface area contributed by atoms with Crippen molar-refractivity contribution in [3.8, 4) is 0 Å². The fraction of sp³-hybridized carbons (Fsp3) is 0.833. The molecule has 0 bridgehead atoms. The molecule has 0 aliphatic carbocycles. The van der Waals surface area contributed by atoms with Crippen LogP contribution in [0, 0.1) is 0 Å². The molecule has 0 fully saturated rings. The normalized spacial score (nSPS) is 10.9. The molecule has 0 rings (SSSR count). The second-order valence-electron chi connectivity index (χ2n) is 11.8. The molecule has 0 aliphatic heterocycles. The number of esters is 6. The Morgan fingerprint density at radius 1 is 0.444 bits per heavy atom. The number of unbranched alkanes of at least 4 members (excludes halogenated alkanes) is 3. The molecule has 0 amide bonds. The number of nitrogens with zero attached hydrogens (tertiary/aromatic N) is 1. The lowest BCUT2D eigenvalue weighted by molar-refractivity contribution is -0.178. The third kappa shape index (κ3) is 29.0. The van der Waals surface area contributed by atoms with Crippen molar-refractivity contribution in [2.24, 2.45) is 0 Å². The Morgan fingerprint density at radius 3 is 1.00 bits per heavy atom. The fourth-order valence-electron chi connectivity index (χ4n) is 4.02. The molecule has 0 saturated carbocycles. The quantitative estimate of drug-likeness (QED) is 0.0420. The van der Waals surface area contributed by atoms with Crippen LogP contribution in [0.15, 0.2) is 0 Å². The van der Waals surface area contributed by atoms with Crippen LogP contribution < -0.4 is 0 Å². The van der Waals surface area contributed by atoms with Crippen molar-refractivity contribution in [3.05, 3.63) is 0 Å². The standard InChI is InChI=1S/C18H32O7.C12H20O7.C6H15NO3/c1-4-7-10-23-15(19)13-18(22,17(21)25-12-9-6-3)14-16(20)24-11-8-5-2;1-4-17-9(13)7-12(16,11(15)19-6-3)8-10(14)18-5-2;8-4-1-7(2-5-9)3-6-10/h22H,4-14H2,1-3H3;16H,4-8H2,1-3H3;8-10H,1-6H2. The first-order chi connectivity index (χ1) is 25.6. The van der Waals surface area contributed by atoms with Crippen LogP contribution in [-0.2, 0) is 57.2 Å². The average Bonchev–Trinajstić information content (AvgIpc) is 3.09. The third-order valence-electron chi connectivity index (χ3n) is 6.89. The monoisotopic (exact) mass is 785 g/mol. The first-order valence-electron chi connectivity index (χ1n) is 18.6. The van der Waals surface area contributed by atoms with Crippen LogP contribution >= 0.6 is 0 Å². The molecule has 54 heavy (non-hydrogen) atoms. The van der Waals surface area contributed by atoms with Crippen molar-refractivity contribution in [1.29, 1.82) is 0 Å². The second kappa shape index (κ2) is 35.3. The third-order valence-corrected chi connectivity index (χ3v) is 6.89. The number of rotatable bonds is 28. The Hall–Kier alpha value is -3.42. The van der Waals surface area contributed by atoms with Crippen molar-refractivity contribution in [2.45, 2.75) is 117 Å². The first kappa shape index (κ1) is 54.9. The highest BCUT2D eigenvalue weighted by molar-refractivity contribution is 5.90. The molecule has 0 atom stereocenters. The van der Waals surface area contributed by atoms with Gasteiger partial charge in [-0.15, -0.1) is 0 Å². The van der Waals surface area contributed by atoms with E-state index in [4.69, 9.17) is 29.5 Å². The van der Waals surface area contributed by atoms with Gasteiger partial charge in [-0.1, -0.05) is 40.0 Å². The molecule has 0 heterocycles. The van der Waals surface area contributed by atoms with Gasteiger partial charge in [-0.3, -0.25) is 24.1 Å². The van der Waals surface area contributed by atoms with E-state index in [0.717, 1.165) is 19.3 Å². The minimum Gasteiger partial charge on any atom is -0.466 e. The molecule has 0 aromatic heterocycles. The number of carbonyl (C=O) groups excluding carboxylic acids is 6. The highest BCUT2D eigenvalue weighted by atomic mass is 16.6. The number of hydrogen-bond donors (Lipinski definition) is 5. The summed E-state index contributed by atoms with van der Waals surface area (Å²) in [6.07, 6.45) is 1.93.